The minimum absolute atomic E-state index is 0.0667. The molecule has 1 aromatic rings. The highest BCUT2D eigenvalue weighted by atomic mass is 32.1. The van der Waals surface area contributed by atoms with Gasteiger partial charge in [0.25, 0.3) is 0 Å². The SMILES string of the molecule is Cc1nsc(N2C(=O)C(C)C(C)C2=O)c1C(=O)O. The fraction of sp³-hybridized carbons (Fsp3) is 0.455. The third-order valence-corrected chi connectivity index (χ3v) is 4.16. The molecule has 96 valence electrons. The Bertz CT molecular complexity index is 531. The number of rotatable bonds is 2. The Morgan fingerprint density at radius 2 is 1.78 bits per heavy atom. The van der Waals surface area contributed by atoms with Crippen LogP contribution in [0, 0.1) is 18.8 Å². The van der Waals surface area contributed by atoms with Gasteiger partial charge in [0.2, 0.25) is 11.8 Å². The van der Waals surface area contributed by atoms with Gasteiger partial charge in [0.15, 0.2) is 0 Å². The van der Waals surface area contributed by atoms with Crippen LogP contribution in [-0.2, 0) is 9.59 Å². The van der Waals surface area contributed by atoms with Gasteiger partial charge in [0, 0.05) is 11.8 Å². The van der Waals surface area contributed by atoms with Crippen LogP contribution in [0.15, 0.2) is 0 Å². The van der Waals surface area contributed by atoms with Crippen LogP contribution >= 0.6 is 11.5 Å². The molecular weight excluding hydrogens is 256 g/mol. The molecule has 0 saturated carbocycles. The summed E-state index contributed by atoms with van der Waals surface area (Å²) in [4.78, 5) is 36.1. The van der Waals surface area contributed by atoms with Gasteiger partial charge in [-0.2, -0.15) is 4.37 Å². The number of aromatic carboxylic acids is 1. The van der Waals surface area contributed by atoms with Gasteiger partial charge in [-0.3, -0.25) is 9.59 Å². The maximum absolute atomic E-state index is 12.0. The van der Waals surface area contributed by atoms with Gasteiger partial charge in [-0.1, -0.05) is 13.8 Å². The molecule has 1 N–H and O–H groups in total. The van der Waals surface area contributed by atoms with E-state index in [1.54, 1.807) is 20.8 Å². The van der Waals surface area contributed by atoms with E-state index in [1.165, 1.54) is 0 Å². The summed E-state index contributed by atoms with van der Waals surface area (Å²) in [5, 5.41) is 9.23. The molecule has 0 spiro atoms. The highest BCUT2D eigenvalue weighted by Gasteiger charge is 2.45. The number of nitrogens with zero attached hydrogens (tertiary/aromatic N) is 2. The third-order valence-electron chi connectivity index (χ3n) is 3.23. The molecule has 0 aromatic carbocycles. The van der Waals surface area contributed by atoms with E-state index in [1.807, 2.05) is 0 Å². The molecule has 1 aliphatic heterocycles. The molecule has 2 heterocycles. The van der Waals surface area contributed by atoms with Crippen LogP contribution in [-0.4, -0.2) is 27.3 Å². The molecule has 6 nitrogen and oxygen atoms in total. The van der Waals surface area contributed by atoms with Crippen molar-refractivity contribution >= 4 is 34.3 Å². The average Bonchev–Trinajstić information content (AvgIpc) is 2.75. The van der Waals surface area contributed by atoms with E-state index in [4.69, 9.17) is 5.11 Å². The maximum atomic E-state index is 12.0. The van der Waals surface area contributed by atoms with E-state index in [-0.39, 0.29) is 22.4 Å². The van der Waals surface area contributed by atoms with Crippen molar-refractivity contribution in [2.45, 2.75) is 20.8 Å². The summed E-state index contributed by atoms with van der Waals surface area (Å²) in [6.07, 6.45) is 0. The second kappa shape index (κ2) is 4.16. The van der Waals surface area contributed by atoms with Crippen molar-refractivity contribution in [3.63, 3.8) is 0 Å². The first-order valence-electron chi connectivity index (χ1n) is 5.43. The van der Waals surface area contributed by atoms with Crippen molar-refractivity contribution < 1.29 is 19.5 Å². The zero-order valence-corrected chi connectivity index (χ0v) is 10.9. The summed E-state index contributed by atoms with van der Waals surface area (Å²) in [6, 6.07) is 0. The average molecular weight is 268 g/mol. The van der Waals surface area contributed by atoms with Crippen molar-refractivity contribution in [3.05, 3.63) is 11.3 Å². The van der Waals surface area contributed by atoms with Crippen molar-refractivity contribution in [2.75, 3.05) is 4.90 Å². The molecule has 0 bridgehead atoms. The van der Waals surface area contributed by atoms with Gasteiger partial charge in [0.1, 0.15) is 10.6 Å². The molecule has 18 heavy (non-hydrogen) atoms. The number of amides is 2. The zero-order chi connectivity index (χ0) is 13.6. The van der Waals surface area contributed by atoms with Gasteiger partial charge in [-0.15, -0.1) is 0 Å². The van der Waals surface area contributed by atoms with Gasteiger partial charge < -0.3 is 5.11 Å². The predicted octanol–water partition coefficient (Wildman–Crippen LogP) is 1.30. The Kier molecular flexibility index (Phi) is 2.94. The first kappa shape index (κ1) is 12.7. The highest BCUT2D eigenvalue weighted by molar-refractivity contribution is 7.11. The molecule has 0 aliphatic carbocycles. The smallest absolute Gasteiger partial charge is 0.340 e. The van der Waals surface area contributed by atoms with Gasteiger partial charge in [0.05, 0.1) is 5.69 Å². The number of anilines is 1. The minimum atomic E-state index is -1.18. The van der Waals surface area contributed by atoms with Crippen LogP contribution in [0.1, 0.15) is 29.9 Å². The number of hydrogen-bond acceptors (Lipinski definition) is 5. The monoisotopic (exact) mass is 268 g/mol. The second-order valence-electron chi connectivity index (χ2n) is 4.34. The number of carbonyl (C=O) groups is 3. The summed E-state index contributed by atoms with van der Waals surface area (Å²) in [5.74, 6) is -2.76. The van der Waals surface area contributed by atoms with Crippen LogP contribution in [0.4, 0.5) is 5.00 Å². The second-order valence-corrected chi connectivity index (χ2v) is 5.09. The Labute approximate surface area is 107 Å². The fourth-order valence-corrected chi connectivity index (χ4v) is 2.80. The maximum Gasteiger partial charge on any atom is 0.340 e. The van der Waals surface area contributed by atoms with E-state index in [9.17, 15) is 14.4 Å². The number of carboxylic acids is 1. The Morgan fingerprint density at radius 3 is 2.22 bits per heavy atom. The Morgan fingerprint density at radius 1 is 1.28 bits per heavy atom. The fourth-order valence-electron chi connectivity index (χ4n) is 1.90. The Balaban J connectivity index is 2.54. The van der Waals surface area contributed by atoms with Crippen molar-refractivity contribution in [1.82, 2.24) is 4.37 Å². The van der Waals surface area contributed by atoms with Crippen molar-refractivity contribution in [2.24, 2.45) is 11.8 Å². The number of carboxylic acid groups (broad SMARTS) is 1. The van der Waals surface area contributed by atoms with E-state index in [0.29, 0.717) is 5.69 Å². The van der Waals surface area contributed by atoms with Crippen LogP contribution in [0.3, 0.4) is 0 Å². The number of hydrogen-bond donors (Lipinski definition) is 1. The summed E-state index contributed by atoms with van der Waals surface area (Å²) in [6.45, 7) is 4.87. The standard InChI is InChI=1S/C11H12N2O4S/c1-4-5(2)9(15)13(8(4)14)10-7(11(16)17)6(3)12-18-10/h4-5H,1-3H3,(H,16,17). The molecule has 1 fully saturated rings. The highest BCUT2D eigenvalue weighted by Crippen LogP contribution is 2.36. The minimum Gasteiger partial charge on any atom is -0.478 e. The number of imide groups is 1. The summed E-state index contributed by atoms with van der Waals surface area (Å²) < 4.78 is 3.92. The third kappa shape index (κ3) is 1.62. The molecule has 0 radical (unpaired) electrons. The van der Waals surface area contributed by atoms with Gasteiger partial charge in [-0.25, -0.2) is 9.69 Å². The van der Waals surface area contributed by atoms with E-state index < -0.39 is 17.8 Å². The molecule has 2 rings (SSSR count). The van der Waals surface area contributed by atoms with Crippen LogP contribution < -0.4 is 4.90 Å². The Hall–Kier alpha value is -1.76. The van der Waals surface area contributed by atoms with E-state index in [0.717, 1.165) is 16.4 Å². The lowest BCUT2D eigenvalue weighted by Gasteiger charge is -2.12. The zero-order valence-electron chi connectivity index (χ0n) is 10.1. The lowest BCUT2D eigenvalue weighted by Crippen LogP contribution is -2.31. The molecule has 1 saturated heterocycles. The first-order valence-corrected chi connectivity index (χ1v) is 6.21. The molecule has 1 aromatic heterocycles. The largest absolute Gasteiger partial charge is 0.478 e. The summed E-state index contributed by atoms with van der Waals surface area (Å²) in [7, 11) is 0. The predicted molar refractivity (Wildman–Crippen MR) is 64.6 cm³/mol. The van der Waals surface area contributed by atoms with Crippen LogP contribution in [0.2, 0.25) is 0 Å². The van der Waals surface area contributed by atoms with Gasteiger partial charge >= 0.3 is 5.97 Å². The number of carbonyl (C=O) groups excluding carboxylic acids is 2. The first-order chi connectivity index (χ1) is 8.36. The van der Waals surface area contributed by atoms with E-state index >= 15 is 0 Å². The normalized spacial score (nSPS) is 23.8. The van der Waals surface area contributed by atoms with Gasteiger partial charge in [-0.05, 0) is 18.5 Å². The molecular formula is C11H12N2O4S. The lowest BCUT2D eigenvalue weighted by molar-refractivity contribution is -0.122. The molecule has 1 aliphatic rings. The van der Waals surface area contributed by atoms with Crippen LogP contribution in [0.5, 0.6) is 0 Å². The number of aromatic nitrogens is 1. The number of aryl methyl sites for hydroxylation is 1. The summed E-state index contributed by atoms with van der Waals surface area (Å²) >= 11 is 0.867. The topological polar surface area (TPSA) is 87.6 Å². The lowest BCUT2D eigenvalue weighted by atomic mass is 10.00. The summed E-state index contributed by atoms with van der Waals surface area (Å²) in [5.41, 5.74) is 0.248. The molecule has 2 atom stereocenters. The molecule has 2 amide bonds. The van der Waals surface area contributed by atoms with Crippen molar-refractivity contribution in [1.29, 1.82) is 0 Å². The van der Waals surface area contributed by atoms with Crippen molar-refractivity contribution in [3.8, 4) is 0 Å². The van der Waals surface area contributed by atoms with Crippen LogP contribution in [0.25, 0.3) is 0 Å². The quantitative estimate of drug-likeness (QED) is 0.817. The molecule has 2 unspecified atom stereocenters. The molecule has 7 heteroatoms. The van der Waals surface area contributed by atoms with E-state index in [2.05, 4.69) is 4.37 Å².